The van der Waals surface area contributed by atoms with Crippen molar-refractivity contribution in [1.82, 2.24) is 0 Å². The van der Waals surface area contributed by atoms with Crippen molar-refractivity contribution < 1.29 is 19.7 Å². The van der Waals surface area contributed by atoms with E-state index in [1.165, 1.54) is 6.07 Å². The highest BCUT2D eigenvalue weighted by Crippen LogP contribution is 2.43. The molecule has 0 spiro atoms. The lowest BCUT2D eigenvalue weighted by molar-refractivity contribution is 0.0721. The van der Waals surface area contributed by atoms with E-state index >= 15 is 0 Å². The fourth-order valence-electron chi connectivity index (χ4n) is 2.27. The molecule has 20 heavy (non-hydrogen) atoms. The van der Waals surface area contributed by atoms with Gasteiger partial charge >= 0.3 is 0 Å². The van der Waals surface area contributed by atoms with Crippen LogP contribution >= 0.6 is 0 Å². The van der Waals surface area contributed by atoms with Crippen LogP contribution in [0.3, 0.4) is 0 Å². The van der Waals surface area contributed by atoms with Gasteiger partial charge in [0, 0.05) is 11.6 Å². The molecule has 1 aliphatic heterocycles. The van der Waals surface area contributed by atoms with Crippen molar-refractivity contribution >= 4 is 5.78 Å². The van der Waals surface area contributed by atoms with Gasteiger partial charge in [0.15, 0.2) is 5.78 Å². The Morgan fingerprint density at radius 3 is 2.55 bits per heavy atom. The third-order valence-electron chi connectivity index (χ3n) is 3.72. The van der Waals surface area contributed by atoms with Gasteiger partial charge in [-0.2, -0.15) is 0 Å². The Bertz CT molecular complexity index is 583. The number of ether oxygens (including phenoxy) is 1. The van der Waals surface area contributed by atoms with Gasteiger partial charge in [-0.1, -0.05) is 18.6 Å². The van der Waals surface area contributed by atoms with Crippen molar-refractivity contribution in [1.29, 1.82) is 0 Å². The molecule has 2 N–H and O–H groups in total. The highest BCUT2D eigenvalue weighted by Gasteiger charge is 2.36. The van der Waals surface area contributed by atoms with Crippen LogP contribution < -0.4 is 4.74 Å². The number of aromatic hydroxyl groups is 2. The van der Waals surface area contributed by atoms with Crippen LogP contribution in [-0.4, -0.2) is 22.1 Å². The maximum Gasteiger partial charge on any atom is 0.176 e. The van der Waals surface area contributed by atoms with E-state index in [9.17, 15) is 15.0 Å². The molecule has 0 fully saturated rings. The molecule has 2 atom stereocenters. The van der Waals surface area contributed by atoms with E-state index in [1.54, 1.807) is 6.92 Å². The SMILES string of the molecule is CC(C)=CCc1c(O)cc(O)c2c1OC(C)C(C)C2=O. The zero-order chi connectivity index (χ0) is 15.0. The molecule has 0 radical (unpaired) electrons. The minimum Gasteiger partial charge on any atom is -0.507 e. The molecule has 1 aromatic carbocycles. The quantitative estimate of drug-likeness (QED) is 0.814. The van der Waals surface area contributed by atoms with Crippen LogP contribution in [0.2, 0.25) is 0 Å². The van der Waals surface area contributed by atoms with Gasteiger partial charge in [-0.3, -0.25) is 4.79 Å². The van der Waals surface area contributed by atoms with Crippen molar-refractivity contribution in [2.75, 3.05) is 0 Å². The minimum absolute atomic E-state index is 0.0479. The minimum atomic E-state index is -0.311. The number of phenolic OH excluding ortho intramolecular Hbond substituents is 2. The first kappa shape index (κ1) is 14.4. The number of rotatable bonds is 2. The summed E-state index contributed by atoms with van der Waals surface area (Å²) < 4.78 is 5.77. The Morgan fingerprint density at radius 1 is 1.30 bits per heavy atom. The van der Waals surface area contributed by atoms with Gasteiger partial charge in [0.25, 0.3) is 0 Å². The van der Waals surface area contributed by atoms with Crippen LogP contribution in [0.4, 0.5) is 0 Å². The summed E-state index contributed by atoms with van der Waals surface area (Å²) in [5.74, 6) is -0.407. The molecule has 0 saturated carbocycles. The summed E-state index contributed by atoms with van der Waals surface area (Å²) in [6.45, 7) is 7.51. The molecular formula is C16H20O4. The van der Waals surface area contributed by atoms with E-state index < -0.39 is 0 Å². The number of Topliss-reactive ketones (excluding diaryl/α,β-unsaturated/α-hetero) is 1. The zero-order valence-electron chi connectivity index (χ0n) is 12.2. The topological polar surface area (TPSA) is 66.8 Å². The Kier molecular flexibility index (Phi) is 3.75. The summed E-state index contributed by atoms with van der Waals surface area (Å²) in [6, 6.07) is 1.22. The highest BCUT2D eigenvalue weighted by atomic mass is 16.5. The number of ketones is 1. The summed E-state index contributed by atoms with van der Waals surface area (Å²) in [4.78, 5) is 12.3. The molecule has 4 heteroatoms. The van der Waals surface area contributed by atoms with E-state index in [0.717, 1.165) is 5.57 Å². The van der Waals surface area contributed by atoms with Gasteiger partial charge in [-0.05, 0) is 27.2 Å². The largest absolute Gasteiger partial charge is 0.507 e. The molecule has 0 bridgehead atoms. The molecule has 0 amide bonds. The Morgan fingerprint density at radius 2 is 1.95 bits per heavy atom. The average Bonchev–Trinajstić information content (AvgIpc) is 2.34. The van der Waals surface area contributed by atoms with Crippen LogP contribution in [0.1, 0.15) is 43.6 Å². The fraction of sp³-hybridized carbons (Fsp3) is 0.438. The van der Waals surface area contributed by atoms with Gasteiger partial charge < -0.3 is 14.9 Å². The predicted octanol–water partition coefficient (Wildman–Crippen LogP) is 3.21. The second-order valence-electron chi connectivity index (χ2n) is 5.56. The first-order valence-corrected chi connectivity index (χ1v) is 6.75. The van der Waals surface area contributed by atoms with E-state index in [-0.39, 0.29) is 34.9 Å². The smallest absolute Gasteiger partial charge is 0.176 e. The van der Waals surface area contributed by atoms with Gasteiger partial charge in [-0.25, -0.2) is 0 Å². The first-order chi connectivity index (χ1) is 9.32. The summed E-state index contributed by atoms with van der Waals surface area (Å²) in [5.41, 5.74) is 1.84. The summed E-state index contributed by atoms with van der Waals surface area (Å²) in [7, 11) is 0. The van der Waals surface area contributed by atoms with Crippen LogP contribution in [0, 0.1) is 5.92 Å². The normalized spacial score (nSPS) is 21.1. The molecule has 1 heterocycles. The number of carbonyl (C=O) groups is 1. The van der Waals surface area contributed by atoms with Crippen LogP contribution in [-0.2, 0) is 6.42 Å². The lowest BCUT2D eigenvalue weighted by atomic mass is 9.88. The second kappa shape index (κ2) is 5.19. The molecule has 4 nitrogen and oxygen atoms in total. The van der Waals surface area contributed by atoms with Crippen LogP contribution in [0.5, 0.6) is 17.2 Å². The Hall–Kier alpha value is -1.97. The summed E-state index contributed by atoms with van der Waals surface area (Å²) in [6.07, 6.45) is 2.13. The monoisotopic (exact) mass is 276 g/mol. The summed E-state index contributed by atoms with van der Waals surface area (Å²) in [5, 5.41) is 20.0. The number of benzene rings is 1. The third kappa shape index (κ3) is 2.38. The standard InChI is InChI=1S/C16H20O4/c1-8(2)5-6-11-12(17)7-13(18)14-15(19)9(3)10(4)20-16(11)14/h5,7,9-10,17-18H,6H2,1-4H3. The predicted molar refractivity (Wildman–Crippen MR) is 76.5 cm³/mol. The van der Waals surface area contributed by atoms with Gasteiger partial charge in [0.05, 0.1) is 5.92 Å². The first-order valence-electron chi connectivity index (χ1n) is 6.75. The number of phenols is 2. The molecule has 0 saturated heterocycles. The highest BCUT2D eigenvalue weighted by molar-refractivity contribution is 6.04. The molecule has 1 aromatic rings. The number of fused-ring (bicyclic) bond motifs is 1. The molecule has 2 unspecified atom stereocenters. The zero-order valence-corrected chi connectivity index (χ0v) is 12.2. The van der Waals surface area contributed by atoms with Crippen molar-refractivity contribution in [3.63, 3.8) is 0 Å². The number of hydrogen-bond acceptors (Lipinski definition) is 4. The van der Waals surface area contributed by atoms with Crippen LogP contribution in [0.25, 0.3) is 0 Å². The molecular weight excluding hydrogens is 256 g/mol. The van der Waals surface area contributed by atoms with Crippen LogP contribution in [0.15, 0.2) is 17.7 Å². The summed E-state index contributed by atoms with van der Waals surface area (Å²) >= 11 is 0. The molecule has 2 rings (SSSR count). The van der Waals surface area contributed by atoms with E-state index in [1.807, 2.05) is 26.8 Å². The van der Waals surface area contributed by atoms with Gasteiger partial charge in [0.1, 0.15) is 28.9 Å². The lowest BCUT2D eigenvalue weighted by Crippen LogP contribution is -2.34. The molecule has 0 aromatic heterocycles. The average molecular weight is 276 g/mol. The number of carbonyl (C=O) groups excluding carboxylic acids is 1. The van der Waals surface area contributed by atoms with Gasteiger partial charge in [0.2, 0.25) is 0 Å². The van der Waals surface area contributed by atoms with Crippen molar-refractivity contribution in [3.8, 4) is 17.2 Å². The van der Waals surface area contributed by atoms with Crippen molar-refractivity contribution in [2.45, 2.75) is 40.2 Å². The number of hydrogen-bond donors (Lipinski definition) is 2. The molecule has 0 aliphatic carbocycles. The third-order valence-corrected chi connectivity index (χ3v) is 3.72. The lowest BCUT2D eigenvalue weighted by Gasteiger charge is -2.30. The fourth-order valence-corrected chi connectivity index (χ4v) is 2.27. The number of allylic oxidation sites excluding steroid dienone is 2. The molecule has 108 valence electrons. The van der Waals surface area contributed by atoms with Crippen molar-refractivity contribution in [3.05, 3.63) is 28.8 Å². The Balaban J connectivity index is 2.60. The maximum absolute atomic E-state index is 12.3. The maximum atomic E-state index is 12.3. The van der Waals surface area contributed by atoms with E-state index in [4.69, 9.17) is 4.74 Å². The van der Waals surface area contributed by atoms with E-state index in [2.05, 4.69) is 0 Å². The van der Waals surface area contributed by atoms with Gasteiger partial charge in [-0.15, -0.1) is 0 Å². The second-order valence-corrected chi connectivity index (χ2v) is 5.56. The Labute approximate surface area is 118 Å². The van der Waals surface area contributed by atoms with Crippen molar-refractivity contribution in [2.24, 2.45) is 5.92 Å². The van der Waals surface area contributed by atoms with E-state index in [0.29, 0.717) is 17.7 Å². The molecule has 1 aliphatic rings.